The van der Waals surface area contributed by atoms with E-state index in [1.165, 1.54) is 0 Å². The third-order valence-electron chi connectivity index (χ3n) is 2.16. The fourth-order valence-corrected chi connectivity index (χ4v) is 1.33. The van der Waals surface area contributed by atoms with Crippen molar-refractivity contribution < 1.29 is 19.1 Å². The van der Waals surface area contributed by atoms with Crippen LogP contribution in [0.2, 0.25) is 0 Å². The molecule has 2 rings (SSSR count). The second-order valence-electron chi connectivity index (χ2n) is 3.30. The van der Waals surface area contributed by atoms with Gasteiger partial charge in [0.1, 0.15) is 5.52 Å². The Morgan fingerprint density at radius 1 is 1.56 bits per heavy atom. The number of oxazole rings is 1. The topological polar surface area (TPSA) is 72.6 Å². The summed E-state index contributed by atoms with van der Waals surface area (Å²) in [6.45, 7) is 1.72. The molecular weight excluding hydrogens is 210 g/mol. The van der Waals surface area contributed by atoms with E-state index >= 15 is 0 Å². The number of aliphatic carboxylic acids is 1. The van der Waals surface area contributed by atoms with Gasteiger partial charge in [-0.15, -0.1) is 0 Å². The first-order chi connectivity index (χ1) is 7.70. The van der Waals surface area contributed by atoms with Gasteiger partial charge >= 0.3 is 12.0 Å². The van der Waals surface area contributed by atoms with Gasteiger partial charge in [-0.25, -0.2) is 4.79 Å². The average molecular weight is 221 g/mol. The highest BCUT2D eigenvalue weighted by molar-refractivity contribution is 5.74. The van der Waals surface area contributed by atoms with Crippen molar-refractivity contribution in [1.29, 1.82) is 0 Å². The van der Waals surface area contributed by atoms with Gasteiger partial charge in [-0.3, -0.25) is 0 Å². The number of ether oxygens (including phenoxy) is 1. The van der Waals surface area contributed by atoms with Gasteiger partial charge in [-0.1, -0.05) is 19.1 Å². The molecule has 0 saturated carbocycles. The van der Waals surface area contributed by atoms with Crippen molar-refractivity contribution in [3.05, 3.63) is 24.3 Å². The van der Waals surface area contributed by atoms with Gasteiger partial charge in [0.15, 0.2) is 11.7 Å². The molecule has 1 unspecified atom stereocenters. The molecule has 1 N–H and O–H groups in total. The van der Waals surface area contributed by atoms with E-state index in [4.69, 9.17) is 14.3 Å². The zero-order valence-electron chi connectivity index (χ0n) is 8.71. The molecule has 0 amide bonds. The minimum Gasteiger partial charge on any atom is -0.479 e. The lowest BCUT2D eigenvalue weighted by Crippen LogP contribution is -2.25. The second-order valence-corrected chi connectivity index (χ2v) is 3.30. The summed E-state index contributed by atoms with van der Waals surface area (Å²) < 4.78 is 10.4. The lowest BCUT2D eigenvalue weighted by atomic mass is 10.3. The first-order valence-corrected chi connectivity index (χ1v) is 4.95. The van der Waals surface area contributed by atoms with Crippen LogP contribution < -0.4 is 4.74 Å². The molecule has 0 radical (unpaired) electrons. The predicted octanol–water partition coefficient (Wildman–Crippen LogP) is 2.07. The van der Waals surface area contributed by atoms with E-state index < -0.39 is 12.1 Å². The van der Waals surface area contributed by atoms with Crippen LogP contribution in [0.15, 0.2) is 28.7 Å². The Bertz CT molecular complexity index is 472. The number of nitrogens with zero attached hydrogens (tertiary/aromatic N) is 1. The number of carboxylic acids is 1. The molecule has 2 aromatic rings. The third kappa shape index (κ3) is 1.98. The van der Waals surface area contributed by atoms with Crippen molar-refractivity contribution in [3.63, 3.8) is 0 Å². The Hall–Kier alpha value is -2.04. The fraction of sp³-hybridized carbons (Fsp3) is 0.273. The second kappa shape index (κ2) is 4.22. The number of fused-ring (bicyclic) bond motifs is 1. The van der Waals surface area contributed by atoms with Crippen molar-refractivity contribution >= 4 is 17.1 Å². The van der Waals surface area contributed by atoms with Crippen LogP contribution >= 0.6 is 0 Å². The Kier molecular flexibility index (Phi) is 2.76. The molecule has 0 bridgehead atoms. The molecule has 0 fully saturated rings. The molecule has 5 nitrogen and oxygen atoms in total. The quantitative estimate of drug-likeness (QED) is 0.855. The Morgan fingerprint density at radius 2 is 2.31 bits per heavy atom. The van der Waals surface area contributed by atoms with Gasteiger partial charge in [0.25, 0.3) is 0 Å². The molecule has 0 aliphatic carbocycles. The Labute approximate surface area is 91.7 Å². The molecule has 0 aliphatic rings. The van der Waals surface area contributed by atoms with Crippen LogP contribution in [0.25, 0.3) is 11.1 Å². The van der Waals surface area contributed by atoms with Crippen molar-refractivity contribution in [1.82, 2.24) is 4.98 Å². The largest absolute Gasteiger partial charge is 0.479 e. The summed E-state index contributed by atoms with van der Waals surface area (Å²) in [5.41, 5.74) is 1.23. The van der Waals surface area contributed by atoms with E-state index in [-0.39, 0.29) is 6.08 Å². The van der Waals surface area contributed by atoms with Gasteiger partial charge in [-0.05, 0) is 18.6 Å². The predicted molar refractivity (Wildman–Crippen MR) is 56.4 cm³/mol. The van der Waals surface area contributed by atoms with Crippen LogP contribution in [-0.4, -0.2) is 22.2 Å². The summed E-state index contributed by atoms with van der Waals surface area (Å²) in [7, 11) is 0. The summed E-state index contributed by atoms with van der Waals surface area (Å²) in [4.78, 5) is 14.8. The standard InChI is InChI=1S/C11H11NO4/c1-2-8(10(13)14)15-11-12-7-5-3-4-6-9(7)16-11/h3-6,8H,2H2,1H3,(H,13,14). The smallest absolute Gasteiger partial charge is 0.395 e. The molecule has 1 atom stereocenters. The molecule has 0 spiro atoms. The molecule has 0 aliphatic heterocycles. The molecule has 5 heteroatoms. The number of benzene rings is 1. The first kappa shape index (κ1) is 10.5. The summed E-state index contributed by atoms with van der Waals surface area (Å²) in [6.07, 6.45) is -0.572. The summed E-state index contributed by atoms with van der Waals surface area (Å²) in [5.74, 6) is -1.02. The average Bonchev–Trinajstić information content (AvgIpc) is 2.67. The fourth-order valence-electron chi connectivity index (χ4n) is 1.33. The number of aromatic nitrogens is 1. The Balaban J connectivity index is 2.24. The highest BCUT2D eigenvalue weighted by Gasteiger charge is 2.19. The van der Waals surface area contributed by atoms with Crippen LogP contribution in [0, 0.1) is 0 Å². The van der Waals surface area contributed by atoms with Crippen LogP contribution in [0.5, 0.6) is 6.08 Å². The number of hydrogen-bond donors (Lipinski definition) is 1. The van der Waals surface area contributed by atoms with Crippen molar-refractivity contribution in [3.8, 4) is 6.08 Å². The van der Waals surface area contributed by atoms with Gasteiger partial charge in [0, 0.05) is 0 Å². The van der Waals surface area contributed by atoms with E-state index in [0.29, 0.717) is 17.5 Å². The number of carbonyl (C=O) groups is 1. The van der Waals surface area contributed by atoms with Crippen molar-refractivity contribution in [2.24, 2.45) is 0 Å². The SMILES string of the molecule is CCC(Oc1nc2ccccc2o1)C(=O)O. The molecule has 16 heavy (non-hydrogen) atoms. The molecule has 0 saturated heterocycles. The molecule has 1 heterocycles. The maximum absolute atomic E-state index is 10.8. The summed E-state index contributed by atoms with van der Waals surface area (Å²) in [5, 5.41) is 8.81. The summed E-state index contributed by atoms with van der Waals surface area (Å²) >= 11 is 0. The third-order valence-corrected chi connectivity index (χ3v) is 2.16. The van der Waals surface area contributed by atoms with Gasteiger partial charge in [0.2, 0.25) is 0 Å². The van der Waals surface area contributed by atoms with Gasteiger partial charge in [-0.2, -0.15) is 4.98 Å². The van der Waals surface area contributed by atoms with Crippen LogP contribution in [0.3, 0.4) is 0 Å². The van der Waals surface area contributed by atoms with Crippen LogP contribution in [-0.2, 0) is 4.79 Å². The van der Waals surface area contributed by atoms with E-state index in [1.807, 2.05) is 12.1 Å². The number of para-hydroxylation sites is 2. The maximum Gasteiger partial charge on any atom is 0.395 e. The lowest BCUT2D eigenvalue weighted by Gasteiger charge is -2.08. The molecule has 1 aromatic heterocycles. The first-order valence-electron chi connectivity index (χ1n) is 4.95. The highest BCUT2D eigenvalue weighted by atomic mass is 16.6. The molecular formula is C11H11NO4. The zero-order chi connectivity index (χ0) is 11.5. The van der Waals surface area contributed by atoms with Gasteiger partial charge in [0.05, 0.1) is 0 Å². The van der Waals surface area contributed by atoms with E-state index in [1.54, 1.807) is 19.1 Å². The van der Waals surface area contributed by atoms with E-state index in [9.17, 15) is 4.79 Å². The normalized spacial score (nSPS) is 12.6. The van der Waals surface area contributed by atoms with Gasteiger partial charge < -0.3 is 14.3 Å². The number of rotatable bonds is 4. The molecule has 84 valence electrons. The molecule has 1 aromatic carbocycles. The summed E-state index contributed by atoms with van der Waals surface area (Å²) in [6, 6.07) is 7.15. The zero-order valence-corrected chi connectivity index (χ0v) is 8.71. The maximum atomic E-state index is 10.8. The Morgan fingerprint density at radius 3 is 2.94 bits per heavy atom. The number of hydrogen-bond acceptors (Lipinski definition) is 4. The minimum atomic E-state index is -1.02. The van der Waals surface area contributed by atoms with Crippen LogP contribution in [0.1, 0.15) is 13.3 Å². The van der Waals surface area contributed by atoms with E-state index in [0.717, 1.165) is 0 Å². The van der Waals surface area contributed by atoms with Crippen LogP contribution in [0.4, 0.5) is 0 Å². The number of carboxylic acid groups (broad SMARTS) is 1. The minimum absolute atomic E-state index is 0.00421. The lowest BCUT2D eigenvalue weighted by molar-refractivity contribution is -0.146. The van der Waals surface area contributed by atoms with Crippen molar-refractivity contribution in [2.45, 2.75) is 19.4 Å². The monoisotopic (exact) mass is 221 g/mol. The highest BCUT2D eigenvalue weighted by Crippen LogP contribution is 2.21. The van der Waals surface area contributed by atoms with Crippen molar-refractivity contribution in [2.75, 3.05) is 0 Å². The van der Waals surface area contributed by atoms with E-state index in [2.05, 4.69) is 4.98 Å².